The summed E-state index contributed by atoms with van der Waals surface area (Å²) >= 11 is 0. The summed E-state index contributed by atoms with van der Waals surface area (Å²) in [6.45, 7) is 4.86. The van der Waals surface area contributed by atoms with Crippen LogP contribution in [0, 0.1) is 10.4 Å². The Balaban J connectivity index is 1.25. The summed E-state index contributed by atoms with van der Waals surface area (Å²) in [4.78, 5) is 0. The lowest BCUT2D eigenvalue weighted by molar-refractivity contribution is 0.804. The minimum absolute atomic E-state index is 0.255. The molecule has 0 bridgehead atoms. The molecule has 1 aromatic heterocycles. The Morgan fingerprint density at radius 1 is 0.549 bits per heavy atom. The molecule has 1 atom stereocenters. The summed E-state index contributed by atoms with van der Waals surface area (Å²) in [7, 11) is 0. The van der Waals surface area contributed by atoms with Crippen molar-refractivity contribution in [3.8, 4) is 5.69 Å². The fourth-order valence-electron chi connectivity index (χ4n) is 8.57. The Kier molecular flexibility index (Phi) is 6.89. The maximum atomic E-state index is 4.86. The average Bonchev–Trinajstić information content (AvgIpc) is 3.77. The van der Waals surface area contributed by atoms with Crippen molar-refractivity contribution in [1.29, 1.82) is 0 Å². The van der Waals surface area contributed by atoms with Crippen molar-refractivity contribution in [2.45, 2.75) is 18.8 Å². The number of nitrogens with zero attached hydrogens (tertiary/aromatic N) is 2. The summed E-state index contributed by atoms with van der Waals surface area (Å²) in [6, 6.07) is 57.5. The fraction of sp³-hybridized carbons (Fsp3) is 0.0612. The van der Waals surface area contributed by atoms with Gasteiger partial charge in [-0.2, -0.15) is 0 Å². The van der Waals surface area contributed by atoms with Crippen LogP contribution in [-0.2, 0) is 6.42 Å². The molecule has 3 heterocycles. The Morgan fingerprint density at radius 2 is 1.20 bits per heavy atom. The van der Waals surface area contributed by atoms with Crippen molar-refractivity contribution in [3.05, 3.63) is 207 Å². The van der Waals surface area contributed by atoms with Gasteiger partial charge in [0, 0.05) is 44.6 Å². The lowest BCUT2D eigenvalue weighted by Gasteiger charge is -2.19. The highest BCUT2D eigenvalue weighted by atomic mass is 14.9. The van der Waals surface area contributed by atoms with Crippen LogP contribution in [0.1, 0.15) is 29.0 Å². The first-order valence-electron chi connectivity index (χ1n) is 17.9. The van der Waals surface area contributed by atoms with Crippen molar-refractivity contribution >= 4 is 56.8 Å². The van der Waals surface area contributed by atoms with Crippen molar-refractivity contribution in [2.24, 2.45) is 0 Å². The standard InChI is InChI=1S/C49H36N2/c1-33-38-18-8-10-23-45(38)50(37-28-26-36(27-29-37)44(35-16-6-3-7-17-35)32-34-14-4-2-5-15-34)31-30-40-42-21-12-20-41-39-19-9-11-24-46(39)51(49(41)42)47-25-13-22-43(47)48(33)40/h2-12,14-31,44H,1,13,32H2. The predicted molar refractivity (Wildman–Crippen MR) is 214 cm³/mol. The molecule has 10 rings (SSSR count). The van der Waals surface area contributed by atoms with Gasteiger partial charge in [0.25, 0.3) is 0 Å². The molecule has 6 aromatic carbocycles. The lowest BCUT2D eigenvalue weighted by Crippen LogP contribution is -2.30. The van der Waals surface area contributed by atoms with Crippen LogP contribution in [0.25, 0.3) is 62.5 Å². The molecule has 3 aliphatic rings. The Labute approximate surface area is 296 Å². The molecule has 0 fully saturated rings. The van der Waals surface area contributed by atoms with E-state index in [1.54, 1.807) is 0 Å². The summed E-state index contributed by atoms with van der Waals surface area (Å²) in [6.07, 6.45) is 8.88. The van der Waals surface area contributed by atoms with E-state index in [9.17, 15) is 0 Å². The summed E-state index contributed by atoms with van der Waals surface area (Å²) < 4.78 is 4.83. The van der Waals surface area contributed by atoms with Crippen LogP contribution in [0.5, 0.6) is 0 Å². The van der Waals surface area contributed by atoms with Gasteiger partial charge in [0.2, 0.25) is 0 Å². The third-order valence-electron chi connectivity index (χ3n) is 10.9. The van der Waals surface area contributed by atoms with Crippen LogP contribution in [0.3, 0.4) is 0 Å². The minimum atomic E-state index is 0.255. The lowest BCUT2D eigenvalue weighted by atomic mass is 9.86. The van der Waals surface area contributed by atoms with Crippen molar-refractivity contribution in [3.63, 3.8) is 0 Å². The van der Waals surface area contributed by atoms with Crippen LogP contribution < -0.4 is 15.8 Å². The number of aromatic nitrogens is 2. The van der Waals surface area contributed by atoms with Gasteiger partial charge in [0.15, 0.2) is 0 Å². The molecule has 1 aliphatic carbocycles. The first-order valence-corrected chi connectivity index (χ1v) is 17.9. The maximum absolute atomic E-state index is 4.86. The molecule has 0 amide bonds. The van der Waals surface area contributed by atoms with E-state index in [2.05, 4.69) is 185 Å². The molecule has 51 heavy (non-hydrogen) atoms. The van der Waals surface area contributed by atoms with E-state index in [-0.39, 0.29) is 5.92 Å². The highest BCUT2D eigenvalue weighted by molar-refractivity contribution is 6.13. The highest BCUT2D eigenvalue weighted by Crippen LogP contribution is 2.32. The number of fused-ring (bicyclic) bond motifs is 8. The van der Waals surface area contributed by atoms with Crippen molar-refractivity contribution in [1.82, 2.24) is 8.97 Å². The number of rotatable bonds is 5. The number of benzene rings is 6. The van der Waals surface area contributed by atoms with Crippen molar-refractivity contribution < 1.29 is 0 Å². The third-order valence-corrected chi connectivity index (χ3v) is 10.9. The van der Waals surface area contributed by atoms with Gasteiger partial charge in [0.05, 0.1) is 21.9 Å². The number of para-hydroxylation sites is 3. The first-order chi connectivity index (χ1) is 25.2. The number of hydrogen-bond donors (Lipinski definition) is 0. The molecule has 242 valence electrons. The quantitative estimate of drug-likeness (QED) is 0.175. The molecule has 0 saturated carbocycles. The zero-order valence-electron chi connectivity index (χ0n) is 28.3. The van der Waals surface area contributed by atoms with Gasteiger partial charge in [-0.3, -0.25) is 0 Å². The van der Waals surface area contributed by atoms with Crippen LogP contribution in [-0.4, -0.2) is 8.97 Å². The summed E-state index contributed by atoms with van der Waals surface area (Å²) in [5.74, 6) is 0.255. The average molecular weight is 653 g/mol. The normalized spacial score (nSPS) is 13.0. The third kappa shape index (κ3) is 4.71. The van der Waals surface area contributed by atoms with Crippen molar-refractivity contribution in [2.75, 3.05) is 0 Å². The zero-order valence-corrected chi connectivity index (χ0v) is 28.3. The minimum Gasteiger partial charge on any atom is -0.317 e. The number of hydrogen-bond acceptors (Lipinski definition) is 0. The Hall–Kier alpha value is -6.38. The monoisotopic (exact) mass is 652 g/mol. The van der Waals surface area contributed by atoms with E-state index in [0.29, 0.717) is 0 Å². The summed E-state index contributed by atoms with van der Waals surface area (Å²) in [5.41, 5.74) is 8.72. The van der Waals surface area contributed by atoms with Crippen LogP contribution >= 0.6 is 0 Å². The van der Waals surface area contributed by atoms with Gasteiger partial charge < -0.3 is 8.97 Å². The molecule has 0 saturated heterocycles. The second-order valence-corrected chi connectivity index (χ2v) is 13.7. The Morgan fingerprint density at radius 3 is 2.00 bits per heavy atom. The molecule has 0 radical (unpaired) electrons. The molecule has 0 N–H and O–H groups in total. The first kappa shape index (κ1) is 29.5. The second-order valence-electron chi connectivity index (χ2n) is 13.7. The molecule has 2 heteroatoms. The Bertz CT molecular complexity index is 3080. The topological polar surface area (TPSA) is 9.34 Å². The van der Waals surface area contributed by atoms with Gasteiger partial charge in [-0.25, -0.2) is 0 Å². The van der Waals surface area contributed by atoms with Gasteiger partial charge >= 0.3 is 0 Å². The highest BCUT2D eigenvalue weighted by Gasteiger charge is 2.17. The molecule has 7 aromatic rings. The molecule has 0 spiro atoms. The van der Waals surface area contributed by atoms with E-state index in [4.69, 9.17) is 6.58 Å². The van der Waals surface area contributed by atoms with E-state index < -0.39 is 0 Å². The van der Waals surface area contributed by atoms with Gasteiger partial charge in [0.1, 0.15) is 0 Å². The van der Waals surface area contributed by atoms with Gasteiger partial charge in [-0.1, -0.05) is 146 Å². The largest absolute Gasteiger partial charge is 0.317 e. The second kappa shape index (κ2) is 11.9. The predicted octanol–water partition coefficient (Wildman–Crippen LogP) is 9.51. The molecular weight excluding hydrogens is 617 g/mol. The molecular formula is C49H36N2. The maximum Gasteiger partial charge on any atom is 0.0619 e. The molecule has 2 aliphatic heterocycles. The van der Waals surface area contributed by atoms with Crippen LogP contribution in [0.2, 0.25) is 0 Å². The van der Waals surface area contributed by atoms with E-state index >= 15 is 0 Å². The zero-order chi connectivity index (χ0) is 33.9. The van der Waals surface area contributed by atoms with E-state index in [1.165, 1.54) is 64.9 Å². The van der Waals surface area contributed by atoms with E-state index in [0.717, 1.165) is 34.7 Å². The van der Waals surface area contributed by atoms with Gasteiger partial charge in [-0.05, 0) is 75.5 Å². The van der Waals surface area contributed by atoms with Crippen LogP contribution in [0.4, 0.5) is 0 Å². The SMILES string of the molecule is C=c1c2c3c(n4c5ccccc5c5cccc(c=2ccn(-c2ccc(C(Cc6ccccc6)c6ccccc6)cc2)c2ccccc12)c54)=CCC=3. The van der Waals surface area contributed by atoms with Crippen LogP contribution in [0.15, 0.2) is 164 Å². The van der Waals surface area contributed by atoms with Gasteiger partial charge in [-0.15, -0.1) is 0 Å². The smallest absolute Gasteiger partial charge is 0.0619 e. The molecule has 2 nitrogen and oxygen atoms in total. The van der Waals surface area contributed by atoms with E-state index in [1.807, 2.05) is 0 Å². The fourth-order valence-corrected chi connectivity index (χ4v) is 8.57. The molecule has 1 unspecified atom stereocenters. The summed E-state index contributed by atoms with van der Waals surface area (Å²) in [5, 5.41) is 10.9.